The summed E-state index contributed by atoms with van der Waals surface area (Å²) in [4.78, 5) is 15.7. The molecule has 1 saturated heterocycles. The molecule has 0 aromatic rings. The van der Waals surface area contributed by atoms with Crippen LogP contribution in [0.4, 0.5) is 4.79 Å². The van der Waals surface area contributed by atoms with Gasteiger partial charge in [-0.15, -0.1) is 0 Å². The molecule has 0 bridgehead atoms. The van der Waals surface area contributed by atoms with Crippen LogP contribution in [0.1, 0.15) is 33.6 Å². The van der Waals surface area contributed by atoms with Gasteiger partial charge in [0.05, 0.1) is 6.61 Å². The lowest BCUT2D eigenvalue weighted by molar-refractivity contribution is 0.0255. The van der Waals surface area contributed by atoms with Crippen LogP contribution < -0.4 is 0 Å². The quantitative estimate of drug-likeness (QED) is 0.826. The van der Waals surface area contributed by atoms with Crippen molar-refractivity contribution < 1.29 is 14.6 Å². The molecule has 0 saturated carbocycles. The summed E-state index contributed by atoms with van der Waals surface area (Å²) >= 11 is 0. The lowest BCUT2D eigenvalue weighted by atomic mass is 10.2. The van der Waals surface area contributed by atoms with Crippen LogP contribution in [0.25, 0.3) is 0 Å². The van der Waals surface area contributed by atoms with E-state index in [1.54, 1.807) is 11.9 Å². The second-order valence-electron chi connectivity index (χ2n) is 5.92. The van der Waals surface area contributed by atoms with Gasteiger partial charge >= 0.3 is 6.09 Å². The molecule has 1 aliphatic rings. The van der Waals surface area contributed by atoms with Crippen molar-refractivity contribution in [2.75, 3.05) is 33.3 Å². The molecule has 1 N–H and O–H groups in total. The van der Waals surface area contributed by atoms with Crippen LogP contribution in [-0.4, -0.2) is 65.9 Å². The number of aliphatic hydroxyl groups is 1. The molecule has 5 nitrogen and oxygen atoms in total. The Labute approximate surface area is 110 Å². The summed E-state index contributed by atoms with van der Waals surface area (Å²) in [6.07, 6.45) is 1.93. The van der Waals surface area contributed by atoms with Gasteiger partial charge in [-0.3, -0.25) is 4.90 Å². The van der Waals surface area contributed by atoms with E-state index in [1.807, 2.05) is 20.8 Å². The van der Waals surface area contributed by atoms with Crippen LogP contribution in [-0.2, 0) is 4.74 Å². The highest BCUT2D eigenvalue weighted by atomic mass is 16.6. The van der Waals surface area contributed by atoms with E-state index in [2.05, 4.69) is 4.90 Å². The van der Waals surface area contributed by atoms with Crippen molar-refractivity contribution in [1.82, 2.24) is 9.80 Å². The number of amides is 1. The fourth-order valence-corrected chi connectivity index (χ4v) is 2.26. The molecule has 1 fully saturated rings. The summed E-state index contributed by atoms with van der Waals surface area (Å²) in [6, 6.07) is 0.342. The van der Waals surface area contributed by atoms with E-state index in [-0.39, 0.29) is 12.7 Å². The van der Waals surface area contributed by atoms with Crippen molar-refractivity contribution in [3.63, 3.8) is 0 Å². The number of likely N-dealkylation sites (tertiary alicyclic amines) is 1. The monoisotopic (exact) mass is 258 g/mol. The van der Waals surface area contributed by atoms with Crippen LogP contribution in [0.5, 0.6) is 0 Å². The zero-order chi connectivity index (χ0) is 13.8. The molecular formula is C13H26N2O3. The lowest BCUT2D eigenvalue weighted by Crippen LogP contribution is -2.43. The summed E-state index contributed by atoms with van der Waals surface area (Å²) in [5.74, 6) is 0. The number of β-amino-alcohol motifs (C(OH)–C–C–N with tert-alkyl or cyclic N) is 1. The van der Waals surface area contributed by atoms with Crippen molar-refractivity contribution in [3.8, 4) is 0 Å². The molecule has 1 heterocycles. The Kier molecular flexibility index (Phi) is 5.41. The Bertz CT molecular complexity index is 276. The van der Waals surface area contributed by atoms with Crippen LogP contribution in [0.15, 0.2) is 0 Å². The van der Waals surface area contributed by atoms with Crippen molar-refractivity contribution in [3.05, 3.63) is 0 Å². The molecule has 1 amide bonds. The Morgan fingerprint density at radius 1 is 1.50 bits per heavy atom. The summed E-state index contributed by atoms with van der Waals surface area (Å²) < 4.78 is 5.32. The summed E-state index contributed by atoms with van der Waals surface area (Å²) in [6.45, 7) is 8.13. The average Bonchev–Trinajstić information content (AvgIpc) is 2.64. The standard InChI is InChI=1S/C13H26N2O3/c1-13(2,3)18-12(17)14(4)10-11-6-5-7-15(11)8-9-16/h11,16H,5-10H2,1-4H3. The maximum absolute atomic E-state index is 11.8. The van der Waals surface area contributed by atoms with Crippen molar-refractivity contribution in [2.45, 2.75) is 45.3 Å². The van der Waals surface area contributed by atoms with Gasteiger partial charge < -0.3 is 14.7 Å². The Morgan fingerprint density at radius 2 is 2.17 bits per heavy atom. The molecule has 18 heavy (non-hydrogen) atoms. The highest BCUT2D eigenvalue weighted by molar-refractivity contribution is 5.67. The highest BCUT2D eigenvalue weighted by Gasteiger charge is 2.28. The molecule has 5 heteroatoms. The van der Waals surface area contributed by atoms with Gasteiger partial charge in [0.1, 0.15) is 5.60 Å². The van der Waals surface area contributed by atoms with E-state index in [0.29, 0.717) is 19.1 Å². The first kappa shape index (κ1) is 15.2. The first-order valence-electron chi connectivity index (χ1n) is 6.62. The molecular weight excluding hydrogens is 232 g/mol. The second-order valence-corrected chi connectivity index (χ2v) is 5.92. The number of nitrogens with zero attached hydrogens (tertiary/aromatic N) is 2. The van der Waals surface area contributed by atoms with Crippen molar-refractivity contribution in [1.29, 1.82) is 0 Å². The molecule has 0 radical (unpaired) electrons. The minimum Gasteiger partial charge on any atom is -0.444 e. The summed E-state index contributed by atoms with van der Waals surface area (Å²) in [5, 5.41) is 8.99. The van der Waals surface area contributed by atoms with Gasteiger partial charge in [-0.1, -0.05) is 0 Å². The summed E-state index contributed by atoms with van der Waals surface area (Å²) in [7, 11) is 1.77. The van der Waals surface area contributed by atoms with Crippen LogP contribution in [0, 0.1) is 0 Å². The number of aliphatic hydroxyl groups excluding tert-OH is 1. The summed E-state index contributed by atoms with van der Waals surface area (Å²) in [5.41, 5.74) is -0.453. The highest BCUT2D eigenvalue weighted by Crippen LogP contribution is 2.18. The normalized spacial score (nSPS) is 21.1. The third-order valence-corrected chi connectivity index (χ3v) is 3.08. The van der Waals surface area contributed by atoms with E-state index < -0.39 is 5.60 Å². The molecule has 0 spiro atoms. The van der Waals surface area contributed by atoms with Gasteiger partial charge in [-0.2, -0.15) is 0 Å². The largest absolute Gasteiger partial charge is 0.444 e. The van der Waals surface area contributed by atoms with Gasteiger partial charge in [0.2, 0.25) is 0 Å². The lowest BCUT2D eigenvalue weighted by Gasteiger charge is -2.30. The number of hydrogen-bond acceptors (Lipinski definition) is 4. The fourth-order valence-electron chi connectivity index (χ4n) is 2.26. The molecule has 0 aromatic carbocycles. The number of likely N-dealkylation sites (N-methyl/N-ethyl adjacent to an activating group) is 1. The maximum atomic E-state index is 11.8. The molecule has 1 rings (SSSR count). The van der Waals surface area contributed by atoms with E-state index in [1.165, 1.54) is 0 Å². The number of hydrogen-bond donors (Lipinski definition) is 1. The van der Waals surface area contributed by atoms with E-state index in [4.69, 9.17) is 9.84 Å². The SMILES string of the molecule is CN(CC1CCCN1CCO)C(=O)OC(C)(C)C. The first-order chi connectivity index (χ1) is 8.33. The Morgan fingerprint density at radius 3 is 2.72 bits per heavy atom. The smallest absolute Gasteiger partial charge is 0.410 e. The predicted molar refractivity (Wildman–Crippen MR) is 70.5 cm³/mol. The third-order valence-electron chi connectivity index (χ3n) is 3.08. The minimum atomic E-state index is -0.453. The predicted octanol–water partition coefficient (Wildman–Crippen LogP) is 1.31. The number of rotatable bonds is 4. The van der Waals surface area contributed by atoms with Gasteiger partial charge in [0.25, 0.3) is 0 Å². The maximum Gasteiger partial charge on any atom is 0.410 e. The number of carbonyl (C=O) groups is 1. The molecule has 0 aromatic heterocycles. The van der Waals surface area contributed by atoms with Gasteiger partial charge in [0, 0.05) is 26.2 Å². The minimum absolute atomic E-state index is 0.173. The molecule has 1 aliphatic heterocycles. The number of ether oxygens (including phenoxy) is 1. The average molecular weight is 258 g/mol. The van der Waals surface area contributed by atoms with Gasteiger partial charge in [-0.25, -0.2) is 4.79 Å². The van der Waals surface area contributed by atoms with E-state index in [9.17, 15) is 4.79 Å². The van der Waals surface area contributed by atoms with Crippen molar-refractivity contribution >= 4 is 6.09 Å². The Balaban J connectivity index is 2.43. The Hall–Kier alpha value is -0.810. The zero-order valence-electron chi connectivity index (χ0n) is 12.0. The molecule has 0 aliphatic carbocycles. The zero-order valence-corrected chi connectivity index (χ0v) is 12.0. The topological polar surface area (TPSA) is 53.0 Å². The number of carbonyl (C=O) groups excluding carboxylic acids is 1. The first-order valence-corrected chi connectivity index (χ1v) is 6.62. The molecule has 1 unspecified atom stereocenters. The van der Waals surface area contributed by atoms with E-state index in [0.717, 1.165) is 19.4 Å². The van der Waals surface area contributed by atoms with Crippen LogP contribution in [0.2, 0.25) is 0 Å². The molecule has 106 valence electrons. The van der Waals surface area contributed by atoms with Gasteiger partial charge in [0.15, 0.2) is 0 Å². The van der Waals surface area contributed by atoms with Crippen LogP contribution >= 0.6 is 0 Å². The fraction of sp³-hybridized carbons (Fsp3) is 0.923. The van der Waals surface area contributed by atoms with E-state index >= 15 is 0 Å². The third kappa shape index (κ3) is 4.82. The van der Waals surface area contributed by atoms with Crippen LogP contribution in [0.3, 0.4) is 0 Å². The second kappa shape index (κ2) is 6.38. The van der Waals surface area contributed by atoms with Crippen molar-refractivity contribution in [2.24, 2.45) is 0 Å². The molecule has 1 atom stereocenters. The van der Waals surface area contributed by atoms with Gasteiger partial charge in [-0.05, 0) is 40.2 Å².